The molecule has 0 bridgehead atoms. The van der Waals surface area contributed by atoms with Crippen molar-refractivity contribution in [2.75, 3.05) is 7.05 Å². The summed E-state index contributed by atoms with van der Waals surface area (Å²) in [6, 6.07) is 17.1. The van der Waals surface area contributed by atoms with Crippen LogP contribution in [0.15, 0.2) is 81.6 Å². The van der Waals surface area contributed by atoms with Crippen molar-refractivity contribution in [1.29, 1.82) is 0 Å². The summed E-state index contributed by atoms with van der Waals surface area (Å²) < 4.78 is 0. The van der Waals surface area contributed by atoms with E-state index in [1.54, 1.807) is 7.05 Å². The smallest absolute Gasteiger partial charge is 0.0725 e. The van der Waals surface area contributed by atoms with Crippen molar-refractivity contribution < 1.29 is 0 Å². The monoisotopic (exact) mass is 387 g/mol. The van der Waals surface area contributed by atoms with Crippen LogP contribution in [0, 0.1) is 6.92 Å². The molecule has 2 aromatic rings. The first-order valence-electron chi connectivity index (χ1n) is 10.2. The Hall–Kier alpha value is -2.94. The van der Waals surface area contributed by atoms with Crippen LogP contribution in [0.1, 0.15) is 49.9 Å². The lowest BCUT2D eigenvalue weighted by Gasteiger charge is -2.11. The summed E-state index contributed by atoms with van der Waals surface area (Å²) in [4.78, 5) is 9.05. The van der Waals surface area contributed by atoms with Gasteiger partial charge in [-0.15, -0.1) is 0 Å². The van der Waals surface area contributed by atoms with E-state index in [-0.39, 0.29) is 0 Å². The standard InChI is InChI=1S/C26H33N3/c1-7-23-12-10-13-24(16-23)18-28-21(4)15-26(25-14-9-8-11-19(25)2)29-22(5)20(3)17-27-6/h8-17,28H,7,18H2,1-6H3/b21-15+,22-20+,27-17?,29-26-. The summed E-state index contributed by atoms with van der Waals surface area (Å²) in [6.45, 7) is 11.3. The molecule has 152 valence electrons. The summed E-state index contributed by atoms with van der Waals surface area (Å²) in [5.41, 5.74) is 9.07. The molecule has 0 aliphatic heterocycles. The van der Waals surface area contributed by atoms with E-state index < -0.39 is 0 Å². The second-order valence-corrected chi connectivity index (χ2v) is 7.32. The van der Waals surface area contributed by atoms with Crippen molar-refractivity contribution >= 4 is 11.9 Å². The van der Waals surface area contributed by atoms with Gasteiger partial charge < -0.3 is 5.32 Å². The molecule has 0 amide bonds. The third-order valence-electron chi connectivity index (χ3n) is 4.93. The zero-order valence-corrected chi connectivity index (χ0v) is 18.6. The third-order valence-corrected chi connectivity index (χ3v) is 4.93. The quantitative estimate of drug-likeness (QED) is 0.551. The van der Waals surface area contributed by atoms with E-state index in [1.807, 2.05) is 20.1 Å². The molecule has 0 aliphatic rings. The summed E-state index contributed by atoms with van der Waals surface area (Å²) >= 11 is 0. The Balaban J connectivity index is 2.33. The fourth-order valence-electron chi connectivity index (χ4n) is 3.04. The van der Waals surface area contributed by atoms with Gasteiger partial charge in [0.15, 0.2) is 0 Å². The maximum atomic E-state index is 4.94. The van der Waals surface area contributed by atoms with E-state index in [4.69, 9.17) is 4.99 Å². The first-order valence-corrected chi connectivity index (χ1v) is 10.2. The molecular formula is C26H33N3. The van der Waals surface area contributed by atoms with Crippen molar-refractivity contribution in [2.24, 2.45) is 9.98 Å². The van der Waals surface area contributed by atoms with Gasteiger partial charge in [0, 0.05) is 36.8 Å². The van der Waals surface area contributed by atoms with E-state index in [1.165, 1.54) is 16.7 Å². The lowest BCUT2D eigenvalue weighted by molar-refractivity contribution is 0.811. The molecule has 0 spiro atoms. The molecule has 0 aliphatic carbocycles. The van der Waals surface area contributed by atoms with E-state index in [0.717, 1.165) is 41.2 Å². The molecule has 1 N–H and O–H groups in total. The van der Waals surface area contributed by atoms with Gasteiger partial charge >= 0.3 is 0 Å². The topological polar surface area (TPSA) is 36.8 Å². The molecule has 0 aromatic heterocycles. The highest BCUT2D eigenvalue weighted by atomic mass is 14.9. The van der Waals surface area contributed by atoms with Crippen LogP contribution in [0.3, 0.4) is 0 Å². The second-order valence-electron chi connectivity index (χ2n) is 7.32. The molecule has 0 fully saturated rings. The Morgan fingerprint density at radius 2 is 1.72 bits per heavy atom. The first kappa shape index (κ1) is 22.4. The van der Waals surface area contributed by atoms with Crippen LogP contribution in [0.5, 0.6) is 0 Å². The molecule has 3 heteroatoms. The number of hydrogen-bond acceptors (Lipinski definition) is 3. The number of nitrogens with one attached hydrogen (secondary N) is 1. The highest BCUT2D eigenvalue weighted by Gasteiger charge is 2.06. The van der Waals surface area contributed by atoms with E-state index >= 15 is 0 Å². The van der Waals surface area contributed by atoms with Crippen molar-refractivity contribution in [3.63, 3.8) is 0 Å². The average molecular weight is 388 g/mol. The Bertz CT molecular complexity index is 946. The number of aliphatic imine (C=N–C) groups is 2. The molecule has 0 heterocycles. The zero-order valence-electron chi connectivity index (χ0n) is 18.6. The van der Waals surface area contributed by atoms with Crippen LogP contribution in [0.2, 0.25) is 0 Å². The molecule has 29 heavy (non-hydrogen) atoms. The molecular weight excluding hydrogens is 354 g/mol. The normalized spacial score (nSPS) is 13.6. The van der Waals surface area contributed by atoms with Crippen LogP contribution in [-0.4, -0.2) is 19.0 Å². The van der Waals surface area contributed by atoms with Gasteiger partial charge in [-0.3, -0.25) is 9.98 Å². The summed E-state index contributed by atoms with van der Waals surface area (Å²) in [5.74, 6) is 0. The Morgan fingerprint density at radius 3 is 2.41 bits per heavy atom. The minimum Gasteiger partial charge on any atom is -0.384 e. The van der Waals surface area contributed by atoms with Crippen LogP contribution in [0.25, 0.3) is 0 Å². The number of hydrogen-bond donors (Lipinski definition) is 1. The molecule has 0 radical (unpaired) electrons. The van der Waals surface area contributed by atoms with E-state index in [2.05, 4.69) is 85.7 Å². The Morgan fingerprint density at radius 1 is 1.00 bits per heavy atom. The minimum atomic E-state index is 0.799. The predicted molar refractivity (Wildman–Crippen MR) is 127 cm³/mol. The SMILES string of the molecule is CCc1cccc(CN/C(C)=C/C(=N/C(C)=C(\C)C=NC)c2ccccc2C)c1. The maximum absolute atomic E-state index is 4.94. The number of aryl methyl sites for hydroxylation is 2. The molecule has 0 saturated heterocycles. The summed E-state index contributed by atoms with van der Waals surface area (Å²) in [5, 5.41) is 3.54. The van der Waals surface area contributed by atoms with Gasteiger partial charge in [0.1, 0.15) is 0 Å². The highest BCUT2D eigenvalue weighted by Crippen LogP contribution is 2.14. The molecule has 0 unspecified atom stereocenters. The third kappa shape index (κ3) is 6.86. The Labute approximate surface area is 176 Å². The first-order chi connectivity index (χ1) is 13.9. The van der Waals surface area contributed by atoms with Gasteiger partial charge in [0.2, 0.25) is 0 Å². The molecule has 2 rings (SSSR count). The fraction of sp³-hybridized carbons (Fsp3) is 0.308. The van der Waals surface area contributed by atoms with Crippen molar-refractivity contribution in [2.45, 2.75) is 47.6 Å². The van der Waals surface area contributed by atoms with E-state index in [0.29, 0.717) is 0 Å². The second kappa shape index (κ2) is 11.2. The van der Waals surface area contributed by atoms with Crippen LogP contribution < -0.4 is 5.32 Å². The van der Waals surface area contributed by atoms with Crippen molar-refractivity contribution in [1.82, 2.24) is 5.32 Å². The number of rotatable bonds is 8. The molecule has 3 nitrogen and oxygen atoms in total. The summed E-state index contributed by atoms with van der Waals surface area (Å²) in [6.07, 6.45) is 5.04. The van der Waals surface area contributed by atoms with Crippen molar-refractivity contribution in [3.8, 4) is 0 Å². The summed E-state index contributed by atoms with van der Waals surface area (Å²) in [7, 11) is 1.78. The molecule has 0 saturated carbocycles. The molecule has 2 aromatic carbocycles. The van der Waals surface area contributed by atoms with Crippen molar-refractivity contribution in [3.05, 3.63) is 93.8 Å². The zero-order chi connectivity index (χ0) is 21.2. The number of benzene rings is 2. The van der Waals surface area contributed by atoms with Gasteiger partial charge in [0.25, 0.3) is 0 Å². The average Bonchev–Trinajstić information content (AvgIpc) is 2.72. The van der Waals surface area contributed by atoms with E-state index in [9.17, 15) is 0 Å². The van der Waals surface area contributed by atoms with Crippen LogP contribution >= 0.6 is 0 Å². The fourth-order valence-corrected chi connectivity index (χ4v) is 3.04. The number of nitrogens with zero attached hydrogens (tertiary/aromatic N) is 2. The van der Waals surface area contributed by atoms with Gasteiger partial charge in [-0.1, -0.05) is 55.5 Å². The van der Waals surface area contributed by atoms with Crippen LogP contribution in [-0.2, 0) is 13.0 Å². The maximum Gasteiger partial charge on any atom is 0.0725 e. The van der Waals surface area contributed by atoms with Gasteiger partial charge in [-0.25, -0.2) is 0 Å². The lowest BCUT2D eigenvalue weighted by Crippen LogP contribution is -2.13. The Kier molecular flexibility index (Phi) is 8.60. The lowest BCUT2D eigenvalue weighted by atomic mass is 10.0. The van der Waals surface area contributed by atoms with Gasteiger partial charge in [-0.2, -0.15) is 0 Å². The predicted octanol–water partition coefficient (Wildman–Crippen LogP) is 6.03. The number of allylic oxidation sites excluding steroid dienone is 4. The largest absolute Gasteiger partial charge is 0.384 e. The van der Waals surface area contributed by atoms with Gasteiger partial charge in [-0.05, 0) is 62.5 Å². The van der Waals surface area contributed by atoms with Gasteiger partial charge in [0.05, 0.1) is 5.71 Å². The van der Waals surface area contributed by atoms with Crippen LogP contribution in [0.4, 0.5) is 0 Å². The highest BCUT2D eigenvalue weighted by molar-refractivity contribution is 6.10. The molecule has 0 atom stereocenters. The minimum absolute atomic E-state index is 0.799.